The number of anilines is 1. The predicted molar refractivity (Wildman–Crippen MR) is 79.6 cm³/mol. The van der Waals surface area contributed by atoms with Crippen LogP contribution in [0.5, 0.6) is 0 Å². The van der Waals surface area contributed by atoms with Crippen molar-refractivity contribution in [1.82, 2.24) is 4.90 Å². The van der Waals surface area contributed by atoms with E-state index in [1.165, 1.54) is 24.6 Å². The Kier molecular flexibility index (Phi) is 5.45. The minimum Gasteiger partial charge on any atom is -0.324 e. The van der Waals surface area contributed by atoms with Crippen LogP contribution in [-0.4, -0.2) is 30.4 Å². The molecule has 0 aromatic heterocycles. The molecule has 1 amide bonds. The van der Waals surface area contributed by atoms with Crippen LogP contribution in [0, 0.1) is 0 Å². The lowest BCUT2D eigenvalue weighted by Crippen LogP contribution is -2.39. The summed E-state index contributed by atoms with van der Waals surface area (Å²) in [6.07, 6.45) is 1.13. The lowest BCUT2D eigenvalue weighted by Gasteiger charge is -2.30. The van der Waals surface area contributed by atoms with Crippen LogP contribution < -0.4 is 5.32 Å². The molecule has 1 aliphatic rings. The molecule has 122 valence electrons. The fourth-order valence-corrected chi connectivity index (χ4v) is 2.91. The van der Waals surface area contributed by atoms with E-state index < -0.39 is 17.6 Å². The number of rotatable bonds is 4. The lowest BCUT2D eigenvalue weighted by molar-refractivity contribution is -0.137. The normalized spacial score (nSPS) is 16.8. The fourth-order valence-electron chi connectivity index (χ4n) is 2.91. The number of hydrogen-bond acceptors (Lipinski definition) is 2. The van der Waals surface area contributed by atoms with Crippen molar-refractivity contribution in [2.24, 2.45) is 0 Å². The van der Waals surface area contributed by atoms with Crippen LogP contribution in [0.4, 0.5) is 18.9 Å². The number of hydrogen-bond donors (Lipinski definition) is 1. The Bertz CT molecular complexity index is 510. The van der Waals surface area contributed by atoms with Crippen LogP contribution in [0.2, 0.25) is 0 Å². The molecule has 22 heavy (non-hydrogen) atoms. The van der Waals surface area contributed by atoms with Crippen molar-refractivity contribution < 1.29 is 18.0 Å². The van der Waals surface area contributed by atoms with Gasteiger partial charge < -0.3 is 5.32 Å². The average molecular weight is 314 g/mol. The van der Waals surface area contributed by atoms with Crippen molar-refractivity contribution in [3.63, 3.8) is 0 Å². The van der Waals surface area contributed by atoms with Crippen molar-refractivity contribution in [3.05, 3.63) is 29.8 Å². The van der Waals surface area contributed by atoms with Gasteiger partial charge in [-0.2, -0.15) is 13.2 Å². The van der Waals surface area contributed by atoms with Gasteiger partial charge >= 0.3 is 6.18 Å². The number of nitrogens with zero attached hydrogens (tertiary/aromatic N) is 1. The molecule has 1 N–H and O–H groups in total. The summed E-state index contributed by atoms with van der Waals surface area (Å²) in [4.78, 5) is 14.0. The third-order valence-corrected chi connectivity index (χ3v) is 4.10. The van der Waals surface area contributed by atoms with E-state index in [4.69, 9.17) is 0 Å². The van der Waals surface area contributed by atoms with Crippen LogP contribution in [0.25, 0.3) is 0 Å². The maximum Gasteiger partial charge on any atom is 0.418 e. The summed E-state index contributed by atoms with van der Waals surface area (Å²) in [6, 6.07) is 5.39. The summed E-state index contributed by atoms with van der Waals surface area (Å²) in [7, 11) is 1.85. The van der Waals surface area contributed by atoms with Gasteiger partial charge in [-0.05, 0) is 32.0 Å². The van der Waals surface area contributed by atoms with Crippen molar-refractivity contribution in [2.45, 2.75) is 44.3 Å². The highest BCUT2D eigenvalue weighted by atomic mass is 19.4. The first-order chi connectivity index (χ1) is 10.4. The zero-order valence-corrected chi connectivity index (χ0v) is 12.6. The molecule has 1 aromatic carbocycles. The molecule has 1 saturated carbocycles. The monoisotopic (exact) mass is 314 g/mol. The van der Waals surface area contributed by atoms with Gasteiger partial charge in [-0.15, -0.1) is 0 Å². The highest BCUT2D eigenvalue weighted by Gasteiger charge is 2.33. The molecular weight excluding hydrogens is 293 g/mol. The molecule has 6 heteroatoms. The number of likely N-dealkylation sites (N-methyl/N-ethyl adjacent to an activating group) is 1. The van der Waals surface area contributed by atoms with Gasteiger partial charge in [0.15, 0.2) is 0 Å². The molecule has 0 unspecified atom stereocenters. The molecule has 0 bridgehead atoms. The number of carbonyl (C=O) groups excluding carboxylic acids is 1. The van der Waals surface area contributed by atoms with Crippen molar-refractivity contribution >= 4 is 11.6 Å². The Hall–Kier alpha value is -1.56. The van der Waals surface area contributed by atoms with Crippen LogP contribution >= 0.6 is 0 Å². The zero-order chi connectivity index (χ0) is 16.2. The van der Waals surface area contributed by atoms with E-state index in [-0.39, 0.29) is 12.2 Å². The molecule has 0 saturated heterocycles. The second-order valence-electron chi connectivity index (χ2n) is 5.80. The van der Waals surface area contributed by atoms with Gasteiger partial charge in [-0.1, -0.05) is 31.4 Å². The van der Waals surface area contributed by atoms with Crippen LogP contribution in [0.15, 0.2) is 24.3 Å². The SMILES string of the molecule is CN(CC(=O)Nc1ccccc1C(F)(F)F)C1CCCCC1. The molecule has 1 aromatic rings. The van der Waals surface area contributed by atoms with E-state index in [1.54, 1.807) is 0 Å². The third kappa shape index (κ3) is 4.47. The quantitative estimate of drug-likeness (QED) is 0.914. The van der Waals surface area contributed by atoms with Crippen molar-refractivity contribution in [1.29, 1.82) is 0 Å². The van der Waals surface area contributed by atoms with Crippen LogP contribution in [0.1, 0.15) is 37.7 Å². The standard InChI is InChI=1S/C16H21F3N2O/c1-21(12-7-3-2-4-8-12)11-15(22)20-14-10-6-5-9-13(14)16(17,18)19/h5-6,9-10,12H,2-4,7-8,11H2,1H3,(H,20,22). The molecule has 0 aliphatic heterocycles. The number of nitrogens with one attached hydrogen (secondary N) is 1. The molecule has 3 nitrogen and oxygen atoms in total. The third-order valence-electron chi connectivity index (χ3n) is 4.10. The van der Waals surface area contributed by atoms with Gasteiger partial charge in [0.1, 0.15) is 0 Å². The van der Waals surface area contributed by atoms with Gasteiger partial charge in [0.2, 0.25) is 5.91 Å². The summed E-state index contributed by atoms with van der Waals surface area (Å²) in [6.45, 7) is 0.108. The Morgan fingerprint density at radius 2 is 1.86 bits per heavy atom. The summed E-state index contributed by atoms with van der Waals surface area (Å²) < 4.78 is 38.7. The average Bonchev–Trinajstić information content (AvgIpc) is 2.47. The number of amides is 1. The first-order valence-electron chi connectivity index (χ1n) is 7.54. The number of para-hydroxylation sites is 1. The first kappa shape index (κ1) is 16.8. The smallest absolute Gasteiger partial charge is 0.324 e. The first-order valence-corrected chi connectivity index (χ1v) is 7.54. The Morgan fingerprint density at radius 3 is 2.50 bits per heavy atom. The van der Waals surface area contributed by atoms with Gasteiger partial charge in [0, 0.05) is 6.04 Å². The largest absolute Gasteiger partial charge is 0.418 e. The van der Waals surface area contributed by atoms with Gasteiger partial charge in [-0.3, -0.25) is 9.69 Å². The fraction of sp³-hybridized carbons (Fsp3) is 0.562. The maximum atomic E-state index is 12.9. The second kappa shape index (κ2) is 7.13. The minimum atomic E-state index is -4.47. The number of benzene rings is 1. The molecule has 0 radical (unpaired) electrons. The van der Waals surface area contributed by atoms with Crippen LogP contribution in [-0.2, 0) is 11.0 Å². The minimum absolute atomic E-state index is 0.108. The number of carbonyl (C=O) groups is 1. The lowest BCUT2D eigenvalue weighted by atomic mass is 9.94. The molecule has 1 fully saturated rings. The summed E-state index contributed by atoms with van der Waals surface area (Å²) >= 11 is 0. The number of halogens is 3. The zero-order valence-electron chi connectivity index (χ0n) is 12.6. The van der Waals surface area contributed by atoms with Gasteiger partial charge in [-0.25, -0.2) is 0 Å². The molecule has 2 rings (SSSR count). The summed E-state index contributed by atoms with van der Waals surface area (Å²) in [5.74, 6) is -0.412. The van der Waals surface area contributed by atoms with E-state index in [9.17, 15) is 18.0 Å². The Morgan fingerprint density at radius 1 is 1.23 bits per heavy atom. The molecule has 1 aliphatic carbocycles. The van der Waals surface area contributed by atoms with E-state index in [2.05, 4.69) is 5.32 Å². The Labute approximate surface area is 128 Å². The number of alkyl halides is 3. The highest BCUT2D eigenvalue weighted by Crippen LogP contribution is 2.34. The topological polar surface area (TPSA) is 32.3 Å². The van der Waals surface area contributed by atoms with Gasteiger partial charge in [0.05, 0.1) is 17.8 Å². The maximum absolute atomic E-state index is 12.9. The van der Waals surface area contributed by atoms with E-state index >= 15 is 0 Å². The predicted octanol–water partition coefficient (Wildman–Crippen LogP) is 3.91. The molecule has 0 spiro atoms. The van der Waals surface area contributed by atoms with E-state index in [0.29, 0.717) is 6.04 Å². The van der Waals surface area contributed by atoms with Crippen molar-refractivity contribution in [3.8, 4) is 0 Å². The van der Waals surface area contributed by atoms with E-state index in [0.717, 1.165) is 31.7 Å². The Balaban J connectivity index is 1.97. The highest BCUT2D eigenvalue weighted by molar-refractivity contribution is 5.93. The summed E-state index contributed by atoms with van der Waals surface area (Å²) in [5, 5.41) is 2.39. The van der Waals surface area contributed by atoms with E-state index in [1.807, 2.05) is 11.9 Å². The molecule has 0 heterocycles. The van der Waals surface area contributed by atoms with Crippen LogP contribution in [0.3, 0.4) is 0 Å². The van der Waals surface area contributed by atoms with Gasteiger partial charge in [0.25, 0.3) is 0 Å². The van der Waals surface area contributed by atoms with Crippen molar-refractivity contribution in [2.75, 3.05) is 18.9 Å². The molecular formula is C16H21F3N2O. The second-order valence-corrected chi connectivity index (χ2v) is 5.80. The summed E-state index contributed by atoms with van der Waals surface area (Å²) in [5.41, 5.74) is -0.999. The molecule has 0 atom stereocenters.